The molecule has 0 aliphatic carbocycles. The van der Waals surface area contributed by atoms with Crippen molar-refractivity contribution in [3.63, 3.8) is 0 Å². The largest absolute Gasteiger partial charge is 0.480 e. The Balaban J connectivity index is 0.000000347. The number of alkyl halides is 6. The number of benzene rings is 3. The number of hydrogen-bond acceptors (Lipinski definition) is 12. The average molecular weight is 1140 g/mol. The van der Waals surface area contributed by atoms with Gasteiger partial charge in [-0.1, -0.05) is 78.5 Å². The van der Waals surface area contributed by atoms with E-state index >= 15 is 0 Å². The van der Waals surface area contributed by atoms with Crippen molar-refractivity contribution in [2.45, 2.75) is 76.4 Å². The Hall–Kier alpha value is -4.64. The van der Waals surface area contributed by atoms with Crippen LogP contribution >= 0.6 is 65.6 Å². The van der Waals surface area contributed by atoms with Crippen LogP contribution in [-0.4, -0.2) is 110 Å². The van der Waals surface area contributed by atoms with Gasteiger partial charge in [0.1, 0.15) is 41.7 Å². The molecule has 27 heteroatoms. The summed E-state index contributed by atoms with van der Waals surface area (Å²) in [4.78, 5) is 74.8. The maximum absolute atomic E-state index is 12.7. The van der Waals surface area contributed by atoms with E-state index in [0.29, 0.717) is 18.4 Å². The monoisotopic (exact) mass is 1140 g/mol. The molecule has 5 rings (SSSR count). The number of aryl methyl sites for hydroxylation is 2. The van der Waals surface area contributed by atoms with Crippen molar-refractivity contribution in [1.29, 1.82) is 0 Å². The number of rotatable bonds is 17. The van der Waals surface area contributed by atoms with Crippen LogP contribution in [0, 0.1) is 0 Å². The topological polar surface area (TPSA) is 252 Å². The molecule has 1 unspecified atom stereocenters. The standard InChI is InChI=1S/C17H11Cl2F3O5.C14H20ClNO2.C11H13Cl2NO3.C3H8NO5P/c1-8(15(23)24)26-16(25)11-7-10(3-4-12(11)18)27-14-5-2-9(6-13(14)19)17(20,21)22;1-4-11-7-6-8-12(5-2)14(11)16(10-18-3)13(17)9-15;1-11(2)14(10(15)9(12)13)6-8(17-11)7-4-3-5-16-7;5-3(6)1-4-2-10(7,8)9/h2-8H,1H3,(H,23,24);6-8H,4-5,9-10H2,1-3H3;3-5,8-9H,6H2,1-2H3;4H,1-2H2,(H,5,6)(H2,7,8,9)/t8-;;;/m0.../s1. The van der Waals surface area contributed by atoms with Crippen LogP contribution in [0.1, 0.15) is 73.5 Å². The number of amides is 2. The molecule has 72 heavy (non-hydrogen) atoms. The summed E-state index contributed by atoms with van der Waals surface area (Å²) in [5.74, 6) is -3.36. The zero-order chi connectivity index (χ0) is 54.7. The molecule has 1 fully saturated rings. The number of carbonyl (C=O) groups excluding carboxylic acids is 3. The summed E-state index contributed by atoms with van der Waals surface area (Å²) in [5.41, 5.74) is 1.38. The van der Waals surface area contributed by atoms with Crippen LogP contribution in [0.15, 0.2) is 77.4 Å². The van der Waals surface area contributed by atoms with Gasteiger partial charge in [-0.3, -0.25) is 29.2 Å². The second-order valence-electron chi connectivity index (χ2n) is 15.2. The van der Waals surface area contributed by atoms with Crippen LogP contribution < -0.4 is 15.0 Å². The SMILES string of the molecule is CC1(C)OC(c2ccco2)CN1C(=O)C(Cl)Cl.CCc1cccc(CC)c1N(COC)C(=O)CCl.C[C@H](OC(=O)c1cc(Oc2ccc(C(F)(F)F)cc2Cl)ccc1Cl)C(=O)O.O=C(O)CNCP(=O)(O)O. The fourth-order valence-corrected chi connectivity index (χ4v) is 7.35. The Morgan fingerprint density at radius 3 is 2.06 bits per heavy atom. The van der Waals surface area contributed by atoms with Crippen molar-refractivity contribution >= 4 is 101 Å². The molecule has 3 aromatic carbocycles. The minimum absolute atomic E-state index is 0.0246. The van der Waals surface area contributed by atoms with Crippen LogP contribution in [0.4, 0.5) is 18.9 Å². The maximum atomic E-state index is 12.7. The number of carboxylic acid groups (broad SMARTS) is 2. The third-order valence-electron chi connectivity index (χ3n) is 9.52. The summed E-state index contributed by atoms with van der Waals surface area (Å²) in [7, 11) is -2.52. The molecule has 1 aliphatic heterocycles. The van der Waals surface area contributed by atoms with Gasteiger partial charge in [-0.05, 0) is 93.3 Å². The van der Waals surface area contributed by atoms with Crippen molar-refractivity contribution in [3.8, 4) is 11.5 Å². The van der Waals surface area contributed by atoms with Crippen molar-refractivity contribution in [3.05, 3.63) is 111 Å². The first kappa shape index (κ1) is 63.5. The van der Waals surface area contributed by atoms with Crippen molar-refractivity contribution in [1.82, 2.24) is 10.2 Å². The third-order valence-corrected chi connectivity index (χ3v) is 11.4. The zero-order valence-electron chi connectivity index (χ0n) is 39.3. The highest BCUT2D eigenvalue weighted by atomic mass is 35.5. The number of hydrogen-bond donors (Lipinski definition) is 5. The first-order chi connectivity index (χ1) is 33.5. The lowest BCUT2D eigenvalue weighted by atomic mass is 10.0. The van der Waals surface area contributed by atoms with E-state index in [9.17, 15) is 41.7 Å². The molecule has 2 amide bonds. The zero-order valence-corrected chi connectivity index (χ0v) is 43.9. The Morgan fingerprint density at radius 2 is 1.58 bits per heavy atom. The Labute approximate surface area is 437 Å². The number of ether oxygens (including phenoxy) is 4. The highest BCUT2D eigenvalue weighted by Crippen LogP contribution is 2.39. The van der Waals surface area contributed by atoms with E-state index in [-0.39, 0.29) is 57.6 Å². The minimum atomic E-state index is -4.56. The number of halogens is 8. The molecule has 0 saturated carbocycles. The summed E-state index contributed by atoms with van der Waals surface area (Å²) in [6, 6.07) is 16.0. The molecule has 0 spiro atoms. The fourth-order valence-electron chi connectivity index (χ4n) is 6.15. The van der Waals surface area contributed by atoms with Gasteiger partial charge in [0.15, 0.2) is 10.9 Å². The van der Waals surface area contributed by atoms with E-state index in [1.165, 1.54) is 17.0 Å². The van der Waals surface area contributed by atoms with E-state index in [2.05, 4.69) is 19.2 Å². The first-order valence-corrected chi connectivity index (χ1v) is 25.0. The molecule has 398 valence electrons. The van der Waals surface area contributed by atoms with Crippen LogP contribution in [-0.2, 0) is 57.0 Å². The number of nitrogens with one attached hydrogen (secondary N) is 1. The van der Waals surface area contributed by atoms with E-state index in [1.807, 2.05) is 24.3 Å². The van der Waals surface area contributed by atoms with Crippen molar-refractivity contribution in [2.75, 3.05) is 44.0 Å². The first-order valence-electron chi connectivity index (χ1n) is 21.0. The molecule has 5 N–H and O–H groups in total. The second-order valence-corrected chi connectivity index (χ2v) is 19.1. The van der Waals surface area contributed by atoms with Crippen LogP contribution in [0.5, 0.6) is 11.5 Å². The van der Waals surface area contributed by atoms with E-state index in [1.54, 1.807) is 38.2 Å². The Bertz CT molecular complexity index is 2480. The lowest BCUT2D eigenvalue weighted by molar-refractivity contribution is -0.146. The van der Waals surface area contributed by atoms with Crippen molar-refractivity contribution in [2.24, 2.45) is 0 Å². The lowest BCUT2D eigenvalue weighted by Crippen LogP contribution is -2.45. The predicted octanol–water partition coefficient (Wildman–Crippen LogP) is 9.94. The average Bonchev–Trinajstić information content (AvgIpc) is 3.96. The number of aliphatic carboxylic acids is 2. The van der Waals surface area contributed by atoms with Crippen LogP contribution in [0.3, 0.4) is 0 Å². The van der Waals surface area contributed by atoms with E-state index < -0.39 is 66.7 Å². The molecule has 1 saturated heterocycles. The normalized spacial score (nSPS) is 14.3. The van der Waals surface area contributed by atoms with Gasteiger partial charge in [0, 0.05) is 7.11 Å². The molecule has 4 aromatic rings. The number of anilines is 1. The highest BCUT2D eigenvalue weighted by molar-refractivity contribution is 7.51. The van der Waals surface area contributed by atoms with Gasteiger partial charge in [0.2, 0.25) is 5.91 Å². The van der Waals surface area contributed by atoms with Crippen molar-refractivity contribution < 1.29 is 85.1 Å². The number of carboxylic acids is 2. The molecule has 1 aromatic heterocycles. The molecular formula is C45H52Cl5F3N3O15P. The van der Waals surface area contributed by atoms with Gasteiger partial charge in [0.25, 0.3) is 5.91 Å². The summed E-state index contributed by atoms with van der Waals surface area (Å²) >= 11 is 28.6. The van der Waals surface area contributed by atoms with E-state index in [0.717, 1.165) is 54.8 Å². The number of para-hydroxylation sites is 1. The number of carbonyl (C=O) groups is 5. The van der Waals surface area contributed by atoms with Gasteiger partial charge in [-0.25, -0.2) is 9.59 Å². The van der Waals surface area contributed by atoms with Crippen LogP contribution in [0.2, 0.25) is 10.0 Å². The second kappa shape index (κ2) is 29.3. The fraction of sp³-hybridized carbons (Fsp3) is 0.400. The number of furan rings is 1. The number of methoxy groups -OCH3 is 1. The van der Waals surface area contributed by atoms with Crippen LogP contribution in [0.25, 0.3) is 0 Å². The Morgan fingerprint density at radius 1 is 0.958 bits per heavy atom. The van der Waals surface area contributed by atoms with E-state index in [4.69, 9.17) is 101 Å². The number of esters is 1. The van der Waals surface area contributed by atoms with Gasteiger partial charge >= 0.3 is 31.7 Å². The van der Waals surface area contributed by atoms with Gasteiger partial charge < -0.3 is 48.3 Å². The molecule has 18 nitrogen and oxygen atoms in total. The summed E-state index contributed by atoms with van der Waals surface area (Å²) in [6.45, 7) is 9.09. The van der Waals surface area contributed by atoms with Gasteiger partial charge in [0.05, 0.1) is 52.5 Å². The quantitative estimate of drug-likeness (QED) is 0.0285. The third kappa shape index (κ3) is 20.3. The molecule has 2 atom stereocenters. The lowest BCUT2D eigenvalue weighted by Gasteiger charge is -2.29. The summed E-state index contributed by atoms with van der Waals surface area (Å²) in [6.07, 6.45) is -3.52. The van der Waals surface area contributed by atoms with Gasteiger partial charge in [-0.2, -0.15) is 13.2 Å². The predicted molar refractivity (Wildman–Crippen MR) is 262 cm³/mol. The maximum Gasteiger partial charge on any atom is 0.416 e. The summed E-state index contributed by atoms with van der Waals surface area (Å²) < 4.78 is 74.3. The Kier molecular flexibility index (Phi) is 25.8. The van der Waals surface area contributed by atoms with Gasteiger partial charge in [-0.15, -0.1) is 11.6 Å². The summed E-state index contributed by atoms with van der Waals surface area (Å²) in [5, 5.41) is 18.5. The molecule has 2 heterocycles. The molecule has 0 bridgehead atoms. The number of nitrogens with zero attached hydrogens (tertiary/aromatic N) is 2. The smallest absolute Gasteiger partial charge is 0.416 e. The molecular weight excluding hydrogens is 1090 g/mol. The molecule has 1 aliphatic rings. The molecule has 0 radical (unpaired) electrons. The minimum Gasteiger partial charge on any atom is -0.480 e. The highest BCUT2D eigenvalue weighted by Gasteiger charge is 2.45.